The zero-order valence-electron chi connectivity index (χ0n) is 12.3. The van der Waals surface area contributed by atoms with Gasteiger partial charge in [0.2, 0.25) is 0 Å². The van der Waals surface area contributed by atoms with E-state index in [2.05, 4.69) is 37.9 Å². The lowest BCUT2D eigenvalue weighted by Gasteiger charge is -2.29. The first-order valence-electron chi connectivity index (χ1n) is 7.61. The van der Waals surface area contributed by atoms with E-state index in [1.807, 2.05) is 0 Å². The minimum atomic E-state index is 0.632. The van der Waals surface area contributed by atoms with Crippen molar-refractivity contribution < 1.29 is 0 Å². The summed E-state index contributed by atoms with van der Waals surface area (Å²) in [5, 5.41) is 3.73. The molecule has 1 saturated carbocycles. The van der Waals surface area contributed by atoms with Crippen molar-refractivity contribution in [3.05, 3.63) is 0 Å². The molecule has 1 fully saturated rings. The molecule has 0 aromatic carbocycles. The molecule has 0 amide bonds. The van der Waals surface area contributed by atoms with Crippen molar-refractivity contribution in [2.75, 3.05) is 26.2 Å². The summed E-state index contributed by atoms with van der Waals surface area (Å²) in [4.78, 5) is 2.50. The quantitative estimate of drug-likeness (QED) is 0.735. The molecule has 0 spiro atoms. The van der Waals surface area contributed by atoms with Crippen molar-refractivity contribution in [2.45, 2.75) is 59.4 Å². The molecule has 0 saturated heterocycles. The van der Waals surface area contributed by atoms with Gasteiger partial charge in [0.1, 0.15) is 0 Å². The maximum absolute atomic E-state index is 3.73. The summed E-state index contributed by atoms with van der Waals surface area (Å²) in [7, 11) is 0. The predicted molar refractivity (Wildman–Crippen MR) is 76.4 cm³/mol. The fourth-order valence-corrected chi connectivity index (χ4v) is 3.05. The monoisotopic (exact) mass is 240 g/mol. The first-order valence-corrected chi connectivity index (χ1v) is 7.61. The Morgan fingerprint density at radius 1 is 1.24 bits per heavy atom. The molecule has 1 aliphatic rings. The van der Waals surface area contributed by atoms with E-state index >= 15 is 0 Å². The van der Waals surface area contributed by atoms with Crippen LogP contribution in [-0.2, 0) is 0 Å². The number of rotatable bonds is 7. The lowest BCUT2D eigenvalue weighted by molar-refractivity contribution is 0.240. The normalized spacial score (nSPS) is 27.4. The average Bonchev–Trinajstić information content (AvgIpc) is 2.33. The second-order valence-electron chi connectivity index (χ2n) is 5.93. The maximum Gasteiger partial charge on any atom is 0.0166 e. The van der Waals surface area contributed by atoms with E-state index in [9.17, 15) is 0 Å². The Bertz CT molecular complexity index is 189. The van der Waals surface area contributed by atoms with Crippen LogP contribution in [0, 0.1) is 11.8 Å². The molecule has 0 aliphatic heterocycles. The smallest absolute Gasteiger partial charge is 0.0166 e. The zero-order chi connectivity index (χ0) is 12.7. The van der Waals surface area contributed by atoms with Crippen LogP contribution in [0.5, 0.6) is 0 Å². The highest BCUT2D eigenvalue weighted by molar-refractivity contribution is 4.74. The Morgan fingerprint density at radius 2 is 1.94 bits per heavy atom. The van der Waals surface area contributed by atoms with Gasteiger partial charge in [0.05, 0.1) is 0 Å². The summed E-state index contributed by atoms with van der Waals surface area (Å²) in [5.74, 6) is 1.88. The van der Waals surface area contributed by atoms with E-state index in [0.29, 0.717) is 6.04 Å². The molecule has 0 heterocycles. The third kappa shape index (κ3) is 5.87. The van der Waals surface area contributed by atoms with Crippen LogP contribution < -0.4 is 5.32 Å². The Balaban J connectivity index is 2.16. The van der Waals surface area contributed by atoms with Crippen LogP contribution in [0.4, 0.5) is 0 Å². The van der Waals surface area contributed by atoms with Crippen LogP contribution in [0.2, 0.25) is 0 Å². The van der Waals surface area contributed by atoms with Crippen molar-refractivity contribution in [3.63, 3.8) is 0 Å². The van der Waals surface area contributed by atoms with Crippen LogP contribution in [0.1, 0.15) is 53.4 Å². The summed E-state index contributed by atoms with van der Waals surface area (Å²) in [6, 6.07) is 0.632. The molecule has 2 heteroatoms. The van der Waals surface area contributed by atoms with Gasteiger partial charge in [0.15, 0.2) is 0 Å². The maximum atomic E-state index is 3.73. The second kappa shape index (κ2) is 8.10. The average molecular weight is 240 g/mol. The molecule has 0 radical (unpaired) electrons. The Labute approximate surface area is 108 Å². The molecule has 3 atom stereocenters. The third-order valence-electron chi connectivity index (χ3n) is 4.23. The number of hydrogen-bond donors (Lipinski definition) is 1. The summed E-state index contributed by atoms with van der Waals surface area (Å²) >= 11 is 0. The van der Waals surface area contributed by atoms with Crippen molar-refractivity contribution in [1.29, 1.82) is 0 Å². The van der Waals surface area contributed by atoms with Crippen molar-refractivity contribution in [3.8, 4) is 0 Å². The zero-order valence-corrected chi connectivity index (χ0v) is 12.3. The van der Waals surface area contributed by atoms with Gasteiger partial charge < -0.3 is 10.2 Å². The number of nitrogens with one attached hydrogen (secondary N) is 1. The summed E-state index contributed by atoms with van der Waals surface area (Å²) in [6.45, 7) is 14.0. The SMILES string of the molecule is CCN(CC)CC(C)NCC1CCCC(C)C1. The van der Waals surface area contributed by atoms with E-state index in [-0.39, 0.29) is 0 Å². The minimum absolute atomic E-state index is 0.632. The Morgan fingerprint density at radius 3 is 2.53 bits per heavy atom. The van der Waals surface area contributed by atoms with Crippen molar-refractivity contribution >= 4 is 0 Å². The van der Waals surface area contributed by atoms with Gasteiger partial charge in [0, 0.05) is 12.6 Å². The molecule has 1 aliphatic carbocycles. The first-order chi connectivity index (χ1) is 8.15. The first kappa shape index (κ1) is 15.0. The molecular formula is C15H32N2. The van der Waals surface area contributed by atoms with Gasteiger partial charge in [-0.2, -0.15) is 0 Å². The lowest BCUT2D eigenvalue weighted by atomic mass is 9.82. The van der Waals surface area contributed by atoms with E-state index in [4.69, 9.17) is 0 Å². The second-order valence-corrected chi connectivity index (χ2v) is 5.93. The fraction of sp³-hybridized carbons (Fsp3) is 1.00. The largest absolute Gasteiger partial charge is 0.313 e. The van der Waals surface area contributed by atoms with E-state index in [1.54, 1.807) is 0 Å². The molecule has 3 unspecified atom stereocenters. The molecular weight excluding hydrogens is 208 g/mol. The molecule has 0 aromatic rings. The standard InChI is InChI=1S/C15H32N2/c1-5-17(6-2)12-14(4)16-11-15-9-7-8-13(3)10-15/h13-16H,5-12H2,1-4H3. The number of nitrogens with zero attached hydrogens (tertiary/aromatic N) is 1. The van der Waals surface area contributed by atoms with Gasteiger partial charge in [0.25, 0.3) is 0 Å². The topological polar surface area (TPSA) is 15.3 Å². The molecule has 2 nitrogen and oxygen atoms in total. The summed E-state index contributed by atoms with van der Waals surface area (Å²) in [5.41, 5.74) is 0. The van der Waals surface area contributed by atoms with Crippen LogP contribution in [0.25, 0.3) is 0 Å². The van der Waals surface area contributed by atoms with Crippen LogP contribution in [0.15, 0.2) is 0 Å². The summed E-state index contributed by atoms with van der Waals surface area (Å²) < 4.78 is 0. The highest BCUT2D eigenvalue weighted by atomic mass is 15.1. The predicted octanol–water partition coefficient (Wildman–Crippen LogP) is 3.13. The molecule has 1 N–H and O–H groups in total. The van der Waals surface area contributed by atoms with Crippen LogP contribution in [0.3, 0.4) is 0 Å². The third-order valence-corrected chi connectivity index (χ3v) is 4.23. The summed E-state index contributed by atoms with van der Waals surface area (Å²) in [6.07, 6.45) is 5.77. The molecule has 0 bridgehead atoms. The highest BCUT2D eigenvalue weighted by Gasteiger charge is 2.19. The van der Waals surface area contributed by atoms with Crippen LogP contribution >= 0.6 is 0 Å². The van der Waals surface area contributed by atoms with Gasteiger partial charge in [-0.15, -0.1) is 0 Å². The van der Waals surface area contributed by atoms with Gasteiger partial charge in [-0.1, -0.05) is 33.6 Å². The van der Waals surface area contributed by atoms with Gasteiger partial charge >= 0.3 is 0 Å². The van der Waals surface area contributed by atoms with E-state index < -0.39 is 0 Å². The van der Waals surface area contributed by atoms with Gasteiger partial charge in [-0.3, -0.25) is 0 Å². The lowest BCUT2D eigenvalue weighted by Crippen LogP contribution is -2.41. The number of hydrogen-bond acceptors (Lipinski definition) is 2. The van der Waals surface area contributed by atoms with Crippen LogP contribution in [-0.4, -0.2) is 37.1 Å². The van der Waals surface area contributed by atoms with Gasteiger partial charge in [-0.05, 0) is 51.2 Å². The Kier molecular flexibility index (Phi) is 7.14. The van der Waals surface area contributed by atoms with Gasteiger partial charge in [-0.25, -0.2) is 0 Å². The molecule has 17 heavy (non-hydrogen) atoms. The minimum Gasteiger partial charge on any atom is -0.313 e. The number of likely N-dealkylation sites (N-methyl/N-ethyl adjacent to an activating group) is 1. The van der Waals surface area contributed by atoms with E-state index in [1.165, 1.54) is 51.9 Å². The van der Waals surface area contributed by atoms with E-state index in [0.717, 1.165) is 11.8 Å². The van der Waals surface area contributed by atoms with Crippen molar-refractivity contribution in [1.82, 2.24) is 10.2 Å². The molecule has 1 rings (SSSR count). The fourth-order valence-electron chi connectivity index (χ4n) is 3.05. The highest BCUT2D eigenvalue weighted by Crippen LogP contribution is 2.27. The Hall–Kier alpha value is -0.0800. The molecule has 0 aromatic heterocycles. The van der Waals surface area contributed by atoms with Crippen molar-refractivity contribution in [2.24, 2.45) is 11.8 Å². The molecule has 102 valence electrons.